The van der Waals surface area contributed by atoms with E-state index in [0.29, 0.717) is 22.8 Å². The number of para-hydroxylation sites is 1. The topological polar surface area (TPSA) is 106 Å². The van der Waals surface area contributed by atoms with Crippen LogP contribution in [0.5, 0.6) is 17.2 Å². The first-order chi connectivity index (χ1) is 15.6. The van der Waals surface area contributed by atoms with Crippen LogP contribution in [0.4, 0.5) is 0 Å². The van der Waals surface area contributed by atoms with Crippen molar-refractivity contribution in [3.63, 3.8) is 0 Å². The maximum absolute atomic E-state index is 12.1. The number of ether oxygens (including phenoxy) is 4. The van der Waals surface area contributed by atoms with Gasteiger partial charge in [-0.25, -0.2) is 4.98 Å². The summed E-state index contributed by atoms with van der Waals surface area (Å²) in [6, 6.07) is 11.2. The van der Waals surface area contributed by atoms with Gasteiger partial charge in [-0.1, -0.05) is 23.9 Å². The summed E-state index contributed by atoms with van der Waals surface area (Å²) in [5.41, 5.74) is 1.49. The molecule has 4 rings (SSSR count). The van der Waals surface area contributed by atoms with Crippen LogP contribution >= 0.6 is 23.1 Å². The van der Waals surface area contributed by atoms with Crippen molar-refractivity contribution in [1.29, 1.82) is 0 Å². The number of rotatable bonds is 9. The molecule has 0 saturated heterocycles. The minimum Gasteiger partial charge on any atom is -0.493 e. The van der Waals surface area contributed by atoms with Crippen LogP contribution < -0.4 is 14.2 Å². The maximum Gasteiger partial charge on any atom is 0.316 e. The van der Waals surface area contributed by atoms with Gasteiger partial charge in [0.1, 0.15) is 0 Å². The summed E-state index contributed by atoms with van der Waals surface area (Å²) in [5, 5.41) is 7.96. The van der Waals surface area contributed by atoms with Crippen LogP contribution in [-0.2, 0) is 16.1 Å². The Hall–Kier alpha value is -3.31. The number of aromatic nitrogens is 3. The summed E-state index contributed by atoms with van der Waals surface area (Å²) in [4.78, 5) is 16.6. The number of carbonyl (C=O) groups excluding carboxylic acids is 1. The first kappa shape index (κ1) is 21.9. The molecule has 2 heterocycles. The second-order valence-corrected chi connectivity index (χ2v) is 8.56. The van der Waals surface area contributed by atoms with Gasteiger partial charge in [0.2, 0.25) is 11.6 Å². The molecule has 0 bridgehead atoms. The Balaban J connectivity index is 1.36. The Bertz CT molecular complexity index is 1180. The van der Waals surface area contributed by atoms with Crippen molar-refractivity contribution in [2.75, 3.05) is 27.1 Å². The second-order valence-electron chi connectivity index (χ2n) is 6.31. The second kappa shape index (κ2) is 9.88. The zero-order valence-corrected chi connectivity index (χ0v) is 19.1. The van der Waals surface area contributed by atoms with E-state index < -0.39 is 5.97 Å². The summed E-state index contributed by atoms with van der Waals surface area (Å²) in [5.74, 6) is 1.51. The monoisotopic (exact) mass is 473 g/mol. The Kier molecular flexibility index (Phi) is 6.76. The van der Waals surface area contributed by atoms with Crippen LogP contribution in [0.1, 0.15) is 5.89 Å². The van der Waals surface area contributed by atoms with Gasteiger partial charge in [-0.15, -0.1) is 21.5 Å². The summed E-state index contributed by atoms with van der Waals surface area (Å²) in [7, 11) is 4.56. The van der Waals surface area contributed by atoms with Gasteiger partial charge in [0.15, 0.2) is 22.4 Å². The average molecular weight is 474 g/mol. The molecular weight excluding hydrogens is 454 g/mol. The smallest absolute Gasteiger partial charge is 0.316 e. The van der Waals surface area contributed by atoms with Crippen molar-refractivity contribution in [1.82, 2.24) is 15.2 Å². The molecule has 4 aromatic rings. The number of fused-ring (bicyclic) bond motifs is 1. The number of hydrogen-bond donors (Lipinski definition) is 0. The Morgan fingerprint density at radius 3 is 2.50 bits per heavy atom. The van der Waals surface area contributed by atoms with E-state index in [0.717, 1.165) is 14.6 Å². The fourth-order valence-corrected chi connectivity index (χ4v) is 4.72. The van der Waals surface area contributed by atoms with E-state index in [1.165, 1.54) is 44.4 Å². The predicted octanol–water partition coefficient (Wildman–Crippen LogP) is 4.21. The van der Waals surface area contributed by atoms with E-state index in [-0.39, 0.29) is 24.1 Å². The number of thioether (sulfide) groups is 1. The first-order valence-electron chi connectivity index (χ1n) is 9.38. The fourth-order valence-electron chi connectivity index (χ4n) is 2.85. The number of esters is 1. The van der Waals surface area contributed by atoms with Gasteiger partial charge in [0.05, 0.1) is 37.3 Å². The molecule has 2 aromatic carbocycles. The highest BCUT2D eigenvalue weighted by Gasteiger charge is 2.18. The van der Waals surface area contributed by atoms with E-state index in [4.69, 9.17) is 23.4 Å². The van der Waals surface area contributed by atoms with Crippen LogP contribution in [0, 0.1) is 0 Å². The number of benzene rings is 2. The van der Waals surface area contributed by atoms with Crippen LogP contribution in [0.15, 0.2) is 45.2 Å². The van der Waals surface area contributed by atoms with Crippen LogP contribution in [0.25, 0.3) is 21.7 Å². The summed E-state index contributed by atoms with van der Waals surface area (Å²) >= 11 is 2.87. The van der Waals surface area contributed by atoms with Crippen LogP contribution in [0.2, 0.25) is 0 Å². The lowest BCUT2D eigenvalue weighted by Crippen LogP contribution is -2.07. The van der Waals surface area contributed by atoms with Crippen molar-refractivity contribution in [2.24, 2.45) is 0 Å². The van der Waals surface area contributed by atoms with E-state index >= 15 is 0 Å². The molecule has 0 unspecified atom stereocenters. The highest BCUT2D eigenvalue weighted by molar-refractivity contribution is 8.01. The largest absolute Gasteiger partial charge is 0.493 e. The number of hydrogen-bond acceptors (Lipinski definition) is 11. The van der Waals surface area contributed by atoms with Crippen LogP contribution in [0.3, 0.4) is 0 Å². The minimum absolute atomic E-state index is 0.128. The molecule has 0 N–H and O–H groups in total. The van der Waals surface area contributed by atoms with Gasteiger partial charge in [-0.05, 0) is 24.3 Å². The molecule has 0 amide bonds. The molecule has 2 aromatic heterocycles. The van der Waals surface area contributed by atoms with Gasteiger partial charge in [0.25, 0.3) is 5.89 Å². The fraction of sp³-hybridized carbons (Fsp3) is 0.238. The average Bonchev–Trinajstić information content (AvgIpc) is 3.47. The zero-order chi connectivity index (χ0) is 22.5. The molecule has 0 radical (unpaired) electrons. The third-order valence-electron chi connectivity index (χ3n) is 4.32. The Morgan fingerprint density at radius 2 is 1.81 bits per heavy atom. The van der Waals surface area contributed by atoms with Crippen molar-refractivity contribution >= 4 is 39.3 Å². The summed E-state index contributed by atoms with van der Waals surface area (Å²) in [6.07, 6.45) is 0. The molecule has 32 heavy (non-hydrogen) atoms. The lowest BCUT2D eigenvalue weighted by molar-refractivity contribution is -0.142. The molecule has 0 atom stereocenters. The van der Waals surface area contributed by atoms with Crippen molar-refractivity contribution in [2.45, 2.75) is 10.9 Å². The SMILES string of the molecule is COc1cc(-c2nnc(COC(=O)CSc3nc4ccccc4s3)o2)cc(OC)c1OC. The lowest BCUT2D eigenvalue weighted by Gasteiger charge is -2.12. The third-order valence-corrected chi connectivity index (χ3v) is 6.48. The lowest BCUT2D eigenvalue weighted by atomic mass is 10.2. The van der Waals surface area contributed by atoms with E-state index in [1.807, 2.05) is 24.3 Å². The number of thiazole rings is 1. The highest BCUT2D eigenvalue weighted by atomic mass is 32.2. The Labute approximate surface area is 191 Å². The summed E-state index contributed by atoms with van der Waals surface area (Å²) < 4.78 is 28.8. The first-order valence-corrected chi connectivity index (χ1v) is 11.2. The molecule has 0 aliphatic heterocycles. The quantitative estimate of drug-likeness (QED) is 0.259. The molecule has 0 aliphatic carbocycles. The van der Waals surface area contributed by atoms with E-state index in [9.17, 15) is 4.79 Å². The maximum atomic E-state index is 12.1. The standard InChI is InChI=1S/C21H19N3O6S2/c1-26-14-8-12(9-15(27-2)19(14)28-3)20-24-23-17(30-20)10-29-18(25)11-31-21-22-13-6-4-5-7-16(13)32-21/h4-9H,10-11H2,1-3H3. The van der Waals surface area contributed by atoms with Crippen molar-refractivity contribution in [3.05, 3.63) is 42.3 Å². The van der Waals surface area contributed by atoms with Crippen LogP contribution in [-0.4, -0.2) is 48.2 Å². The van der Waals surface area contributed by atoms with Gasteiger partial charge in [-0.3, -0.25) is 4.79 Å². The molecule has 0 aliphatic rings. The number of methoxy groups -OCH3 is 3. The molecule has 0 fully saturated rings. The molecular formula is C21H19N3O6S2. The van der Waals surface area contributed by atoms with Gasteiger partial charge < -0.3 is 23.4 Å². The molecule has 0 saturated carbocycles. The van der Waals surface area contributed by atoms with E-state index in [2.05, 4.69) is 15.2 Å². The van der Waals surface area contributed by atoms with Gasteiger partial charge in [0, 0.05) is 5.56 Å². The molecule has 9 nitrogen and oxygen atoms in total. The Morgan fingerprint density at radius 1 is 1.06 bits per heavy atom. The molecule has 166 valence electrons. The molecule has 11 heteroatoms. The predicted molar refractivity (Wildman–Crippen MR) is 120 cm³/mol. The minimum atomic E-state index is -0.401. The van der Waals surface area contributed by atoms with Gasteiger partial charge in [-0.2, -0.15) is 0 Å². The third kappa shape index (κ3) is 4.78. The molecule has 0 spiro atoms. The zero-order valence-electron chi connectivity index (χ0n) is 17.5. The van der Waals surface area contributed by atoms with Crippen molar-refractivity contribution < 1.29 is 28.2 Å². The van der Waals surface area contributed by atoms with E-state index in [1.54, 1.807) is 12.1 Å². The highest BCUT2D eigenvalue weighted by Crippen LogP contribution is 2.40. The number of carbonyl (C=O) groups is 1. The number of nitrogens with zero attached hydrogens (tertiary/aromatic N) is 3. The normalized spacial score (nSPS) is 10.8. The van der Waals surface area contributed by atoms with Crippen molar-refractivity contribution in [3.8, 4) is 28.7 Å². The summed E-state index contributed by atoms with van der Waals surface area (Å²) in [6.45, 7) is -0.128. The van der Waals surface area contributed by atoms with Gasteiger partial charge >= 0.3 is 5.97 Å².